The van der Waals surface area contributed by atoms with Gasteiger partial charge in [-0.1, -0.05) is 0 Å². The molecular weight excluding hydrogens is 410 g/mol. The van der Waals surface area contributed by atoms with Gasteiger partial charge in [0.25, 0.3) is 0 Å². The molecule has 0 radical (unpaired) electrons. The SMILES string of the molecule is COCCCNC(=O)C1CCN(C(=O)[C@H](C)NS(=O)(=O)c2ccc(OC)cc2)CC1. The first-order chi connectivity index (χ1) is 14.3. The summed E-state index contributed by atoms with van der Waals surface area (Å²) in [6.45, 7) is 3.53. The molecule has 168 valence electrons. The van der Waals surface area contributed by atoms with Crippen molar-refractivity contribution in [3.05, 3.63) is 24.3 Å². The summed E-state index contributed by atoms with van der Waals surface area (Å²) in [5.74, 6) is 0.101. The Morgan fingerprint density at radius 1 is 1.17 bits per heavy atom. The second-order valence-electron chi connectivity index (χ2n) is 7.26. The summed E-state index contributed by atoms with van der Waals surface area (Å²) in [6, 6.07) is 5.04. The maximum Gasteiger partial charge on any atom is 0.241 e. The third kappa shape index (κ3) is 6.68. The Labute approximate surface area is 178 Å². The zero-order chi connectivity index (χ0) is 22.1. The summed E-state index contributed by atoms with van der Waals surface area (Å²) in [5.41, 5.74) is 0. The van der Waals surface area contributed by atoms with Crippen molar-refractivity contribution < 1.29 is 27.5 Å². The highest BCUT2D eigenvalue weighted by Crippen LogP contribution is 2.19. The lowest BCUT2D eigenvalue weighted by Crippen LogP contribution is -2.50. The highest BCUT2D eigenvalue weighted by molar-refractivity contribution is 7.89. The van der Waals surface area contributed by atoms with Gasteiger partial charge in [-0.25, -0.2) is 8.42 Å². The number of sulfonamides is 1. The Hall–Kier alpha value is -2.17. The molecule has 1 aromatic carbocycles. The summed E-state index contributed by atoms with van der Waals surface area (Å²) >= 11 is 0. The minimum absolute atomic E-state index is 0.00791. The molecule has 30 heavy (non-hydrogen) atoms. The molecule has 10 heteroatoms. The molecule has 0 bridgehead atoms. The highest BCUT2D eigenvalue weighted by Gasteiger charge is 2.31. The maximum absolute atomic E-state index is 12.7. The standard InChI is InChI=1S/C20H31N3O6S/c1-15(22-30(26,27)18-7-5-17(29-3)6-8-18)20(25)23-12-9-16(10-13-23)19(24)21-11-4-14-28-2/h5-8,15-16,22H,4,9-14H2,1-3H3,(H,21,24)/t15-/m0/s1. The Bertz CT molecular complexity index is 804. The summed E-state index contributed by atoms with van der Waals surface area (Å²) in [5, 5.41) is 2.89. The molecule has 1 fully saturated rings. The predicted molar refractivity (Wildman–Crippen MR) is 112 cm³/mol. The van der Waals surface area contributed by atoms with Crippen molar-refractivity contribution >= 4 is 21.8 Å². The molecular formula is C20H31N3O6S. The van der Waals surface area contributed by atoms with Crippen LogP contribution in [0.4, 0.5) is 0 Å². The van der Waals surface area contributed by atoms with Crippen LogP contribution < -0.4 is 14.8 Å². The van der Waals surface area contributed by atoms with E-state index in [9.17, 15) is 18.0 Å². The third-order valence-electron chi connectivity index (χ3n) is 5.07. The first-order valence-corrected chi connectivity index (χ1v) is 11.5. The molecule has 2 N–H and O–H groups in total. The molecule has 2 rings (SSSR count). The molecule has 2 amide bonds. The van der Waals surface area contributed by atoms with Crippen molar-refractivity contribution in [1.29, 1.82) is 0 Å². The van der Waals surface area contributed by atoms with Crippen molar-refractivity contribution in [1.82, 2.24) is 14.9 Å². The largest absolute Gasteiger partial charge is 0.497 e. The van der Waals surface area contributed by atoms with Gasteiger partial charge >= 0.3 is 0 Å². The van der Waals surface area contributed by atoms with Gasteiger partial charge < -0.3 is 19.7 Å². The Morgan fingerprint density at radius 2 is 1.80 bits per heavy atom. The van der Waals surface area contributed by atoms with Gasteiger partial charge in [-0.2, -0.15) is 4.72 Å². The van der Waals surface area contributed by atoms with Gasteiger partial charge in [-0.3, -0.25) is 9.59 Å². The predicted octanol–water partition coefficient (Wildman–Crippen LogP) is 0.753. The van der Waals surface area contributed by atoms with Crippen LogP contribution >= 0.6 is 0 Å². The minimum Gasteiger partial charge on any atom is -0.497 e. The van der Waals surface area contributed by atoms with Crippen LogP contribution in [0, 0.1) is 5.92 Å². The van der Waals surface area contributed by atoms with E-state index >= 15 is 0 Å². The fraction of sp³-hybridized carbons (Fsp3) is 0.600. The lowest BCUT2D eigenvalue weighted by Gasteiger charge is -2.33. The topological polar surface area (TPSA) is 114 Å². The molecule has 9 nitrogen and oxygen atoms in total. The first-order valence-electron chi connectivity index (χ1n) is 10.00. The van der Waals surface area contributed by atoms with Crippen LogP contribution in [-0.4, -0.2) is 71.6 Å². The molecule has 0 unspecified atom stereocenters. The minimum atomic E-state index is -3.83. The Kier molecular flexibility index (Phi) is 9.07. The zero-order valence-electron chi connectivity index (χ0n) is 17.7. The van der Waals surface area contributed by atoms with E-state index in [0.29, 0.717) is 44.8 Å². The van der Waals surface area contributed by atoms with Crippen LogP contribution in [0.25, 0.3) is 0 Å². The van der Waals surface area contributed by atoms with Crippen LogP contribution in [-0.2, 0) is 24.3 Å². The molecule has 1 aromatic rings. The molecule has 1 heterocycles. The van der Waals surface area contributed by atoms with Crippen LogP contribution in [0.2, 0.25) is 0 Å². The van der Waals surface area contributed by atoms with Crippen molar-refractivity contribution in [2.75, 3.05) is 40.5 Å². The van der Waals surface area contributed by atoms with E-state index < -0.39 is 16.1 Å². The summed E-state index contributed by atoms with van der Waals surface area (Å²) in [7, 11) is -0.720. The second kappa shape index (κ2) is 11.3. The second-order valence-corrected chi connectivity index (χ2v) is 8.97. The number of nitrogens with zero attached hydrogens (tertiary/aromatic N) is 1. The monoisotopic (exact) mass is 441 g/mol. The molecule has 1 atom stereocenters. The fourth-order valence-corrected chi connectivity index (χ4v) is 4.51. The number of ether oxygens (including phenoxy) is 2. The molecule has 1 aliphatic rings. The summed E-state index contributed by atoms with van der Waals surface area (Å²) in [4.78, 5) is 26.6. The van der Waals surface area contributed by atoms with E-state index in [1.165, 1.54) is 26.2 Å². The quantitative estimate of drug-likeness (QED) is 0.518. The number of amides is 2. The van der Waals surface area contributed by atoms with Gasteiger partial charge in [-0.05, 0) is 50.5 Å². The number of methoxy groups -OCH3 is 2. The smallest absolute Gasteiger partial charge is 0.241 e. The van der Waals surface area contributed by atoms with E-state index in [4.69, 9.17) is 9.47 Å². The fourth-order valence-electron chi connectivity index (χ4n) is 3.31. The van der Waals surface area contributed by atoms with Crippen LogP contribution in [0.3, 0.4) is 0 Å². The van der Waals surface area contributed by atoms with E-state index in [2.05, 4.69) is 10.0 Å². The highest BCUT2D eigenvalue weighted by atomic mass is 32.2. The normalized spacial score (nSPS) is 16.2. The van der Waals surface area contributed by atoms with E-state index in [0.717, 1.165) is 6.42 Å². The van der Waals surface area contributed by atoms with Crippen molar-refractivity contribution in [3.8, 4) is 5.75 Å². The third-order valence-corrected chi connectivity index (χ3v) is 6.63. The molecule has 0 aromatic heterocycles. The number of rotatable bonds is 10. The number of piperidine rings is 1. The maximum atomic E-state index is 12.7. The number of nitrogens with one attached hydrogen (secondary N) is 2. The van der Waals surface area contributed by atoms with Crippen molar-refractivity contribution in [2.24, 2.45) is 5.92 Å². The molecule has 0 saturated carbocycles. The lowest BCUT2D eigenvalue weighted by molar-refractivity contribution is -0.136. The van der Waals surface area contributed by atoms with Crippen LogP contribution in [0.5, 0.6) is 5.75 Å². The van der Waals surface area contributed by atoms with Gasteiger partial charge in [0.05, 0.1) is 18.0 Å². The average molecular weight is 442 g/mol. The van der Waals surface area contributed by atoms with Crippen molar-refractivity contribution in [2.45, 2.75) is 37.1 Å². The van der Waals surface area contributed by atoms with Gasteiger partial charge in [0.1, 0.15) is 5.75 Å². The number of carbonyl (C=O) groups excluding carboxylic acids is 2. The van der Waals surface area contributed by atoms with Crippen LogP contribution in [0.1, 0.15) is 26.2 Å². The number of likely N-dealkylation sites (tertiary alicyclic amines) is 1. The molecule has 1 saturated heterocycles. The van der Waals surface area contributed by atoms with E-state index in [1.54, 1.807) is 24.1 Å². The number of benzene rings is 1. The molecule has 0 spiro atoms. The lowest BCUT2D eigenvalue weighted by atomic mass is 9.95. The number of hydrogen-bond donors (Lipinski definition) is 2. The van der Waals surface area contributed by atoms with E-state index in [-0.39, 0.29) is 22.6 Å². The Morgan fingerprint density at radius 3 is 2.37 bits per heavy atom. The zero-order valence-corrected chi connectivity index (χ0v) is 18.5. The number of hydrogen-bond acceptors (Lipinski definition) is 6. The number of carbonyl (C=O) groups is 2. The first kappa shape index (κ1) is 24.1. The molecule has 0 aliphatic carbocycles. The summed E-state index contributed by atoms with van der Waals surface area (Å²) in [6.07, 6.45) is 1.87. The molecule has 1 aliphatic heterocycles. The van der Waals surface area contributed by atoms with Crippen LogP contribution in [0.15, 0.2) is 29.2 Å². The average Bonchev–Trinajstić information content (AvgIpc) is 2.76. The van der Waals surface area contributed by atoms with Gasteiger partial charge in [0.15, 0.2) is 0 Å². The van der Waals surface area contributed by atoms with Gasteiger partial charge in [0.2, 0.25) is 21.8 Å². The summed E-state index contributed by atoms with van der Waals surface area (Å²) < 4.78 is 37.5. The Balaban J connectivity index is 1.84. The van der Waals surface area contributed by atoms with E-state index in [1.807, 2.05) is 0 Å². The van der Waals surface area contributed by atoms with Gasteiger partial charge in [0, 0.05) is 39.3 Å². The van der Waals surface area contributed by atoms with Crippen molar-refractivity contribution in [3.63, 3.8) is 0 Å². The van der Waals surface area contributed by atoms with Gasteiger partial charge in [-0.15, -0.1) is 0 Å².